The van der Waals surface area contributed by atoms with Gasteiger partial charge < -0.3 is 5.32 Å². The number of sulfonamides is 1. The molecule has 1 atom stereocenters. The zero-order valence-electron chi connectivity index (χ0n) is 15.7. The lowest BCUT2D eigenvalue weighted by atomic mass is 9.98. The van der Waals surface area contributed by atoms with Gasteiger partial charge in [0.1, 0.15) is 4.90 Å². The molecule has 0 saturated carbocycles. The molecule has 150 valence electrons. The van der Waals surface area contributed by atoms with Crippen molar-refractivity contribution in [1.29, 1.82) is 0 Å². The largest absolute Gasteiger partial charge is 0.326 e. The predicted molar refractivity (Wildman–Crippen MR) is 112 cm³/mol. The van der Waals surface area contributed by atoms with Crippen molar-refractivity contribution in [2.75, 3.05) is 18.4 Å². The summed E-state index contributed by atoms with van der Waals surface area (Å²) in [6.07, 6.45) is 1.23. The average Bonchev–Trinajstić information content (AvgIpc) is 2.67. The van der Waals surface area contributed by atoms with E-state index in [1.165, 1.54) is 16.4 Å². The number of nitrogens with zero attached hydrogens (tertiary/aromatic N) is 1. The fourth-order valence-corrected chi connectivity index (χ4v) is 5.57. The second kappa shape index (κ2) is 8.41. The van der Waals surface area contributed by atoms with Gasteiger partial charge in [0.15, 0.2) is 0 Å². The number of hydrogen-bond acceptors (Lipinski definition) is 3. The minimum Gasteiger partial charge on any atom is -0.326 e. The molecule has 1 fully saturated rings. The summed E-state index contributed by atoms with van der Waals surface area (Å²) in [6, 6.07) is 10.1. The van der Waals surface area contributed by atoms with Crippen molar-refractivity contribution in [1.82, 2.24) is 4.31 Å². The summed E-state index contributed by atoms with van der Waals surface area (Å²) in [4.78, 5) is 12.8. The molecule has 0 unspecified atom stereocenters. The Kier molecular flexibility index (Phi) is 6.34. The van der Waals surface area contributed by atoms with Gasteiger partial charge in [-0.2, -0.15) is 4.31 Å². The van der Waals surface area contributed by atoms with Gasteiger partial charge >= 0.3 is 0 Å². The van der Waals surface area contributed by atoms with Crippen LogP contribution >= 0.6 is 23.2 Å². The first-order chi connectivity index (χ1) is 13.2. The zero-order chi connectivity index (χ0) is 20.5. The van der Waals surface area contributed by atoms with E-state index in [2.05, 4.69) is 5.32 Å². The molecule has 1 saturated heterocycles. The van der Waals surface area contributed by atoms with Crippen LogP contribution < -0.4 is 5.32 Å². The average molecular weight is 441 g/mol. The minimum atomic E-state index is -3.83. The lowest BCUT2D eigenvalue weighted by molar-refractivity contribution is -0.120. The second-order valence-electron chi connectivity index (χ2n) is 7.01. The Bertz CT molecular complexity index is 1010. The van der Waals surface area contributed by atoms with Crippen LogP contribution in [0.5, 0.6) is 0 Å². The van der Waals surface area contributed by atoms with Crippen molar-refractivity contribution >= 4 is 44.8 Å². The third-order valence-electron chi connectivity index (χ3n) is 5.13. The molecule has 0 bridgehead atoms. The Hall–Kier alpha value is -1.60. The number of rotatable bonds is 4. The summed E-state index contributed by atoms with van der Waals surface area (Å²) < 4.78 is 27.4. The van der Waals surface area contributed by atoms with Crippen LogP contribution in [0.15, 0.2) is 41.3 Å². The third kappa shape index (κ3) is 4.35. The van der Waals surface area contributed by atoms with Crippen LogP contribution in [0.2, 0.25) is 10.0 Å². The van der Waals surface area contributed by atoms with Crippen molar-refractivity contribution in [2.24, 2.45) is 5.92 Å². The van der Waals surface area contributed by atoms with Crippen molar-refractivity contribution < 1.29 is 13.2 Å². The first-order valence-electron chi connectivity index (χ1n) is 9.02. The highest BCUT2D eigenvalue weighted by Gasteiger charge is 2.34. The van der Waals surface area contributed by atoms with Gasteiger partial charge in [0.25, 0.3) is 0 Å². The number of anilines is 1. The van der Waals surface area contributed by atoms with Gasteiger partial charge in [0, 0.05) is 23.8 Å². The Morgan fingerprint density at radius 2 is 1.93 bits per heavy atom. The predicted octanol–water partition coefficient (Wildman–Crippen LogP) is 4.65. The number of nitrogens with one attached hydrogen (secondary N) is 1. The van der Waals surface area contributed by atoms with Crippen molar-refractivity contribution in [3.8, 4) is 0 Å². The molecule has 3 rings (SSSR count). The second-order valence-corrected chi connectivity index (χ2v) is 9.76. The summed E-state index contributed by atoms with van der Waals surface area (Å²) in [6.45, 7) is 4.39. The number of carbonyl (C=O) groups excluding carboxylic acids is 1. The maximum Gasteiger partial charge on any atom is 0.244 e. The summed E-state index contributed by atoms with van der Waals surface area (Å²) >= 11 is 12.0. The molecule has 0 aromatic heterocycles. The van der Waals surface area contributed by atoms with E-state index in [-0.39, 0.29) is 22.4 Å². The Morgan fingerprint density at radius 3 is 2.68 bits per heavy atom. The van der Waals surface area contributed by atoms with Gasteiger partial charge in [-0.25, -0.2) is 8.42 Å². The highest BCUT2D eigenvalue weighted by molar-refractivity contribution is 7.89. The van der Waals surface area contributed by atoms with E-state index in [9.17, 15) is 13.2 Å². The SMILES string of the molecule is Cc1cccc(NC(=O)[C@@H]2CCCN(S(=O)(=O)c3cc(Cl)ccc3Cl)C2)c1C. The first-order valence-corrected chi connectivity index (χ1v) is 11.2. The molecule has 1 aliphatic rings. The van der Waals surface area contributed by atoms with Gasteiger partial charge in [-0.3, -0.25) is 4.79 Å². The highest BCUT2D eigenvalue weighted by Crippen LogP contribution is 2.31. The normalized spacial score (nSPS) is 18.1. The van der Waals surface area contributed by atoms with Crippen LogP contribution in [-0.2, 0) is 14.8 Å². The molecule has 5 nitrogen and oxygen atoms in total. The molecular formula is C20H22Cl2N2O3S. The number of halogens is 2. The van der Waals surface area contributed by atoms with Gasteiger partial charge in [-0.05, 0) is 62.1 Å². The zero-order valence-corrected chi connectivity index (χ0v) is 18.0. The van der Waals surface area contributed by atoms with E-state index < -0.39 is 15.9 Å². The summed E-state index contributed by atoms with van der Waals surface area (Å²) in [7, 11) is -3.83. The Labute approximate surface area is 175 Å². The first kappa shape index (κ1) is 21.1. The number of carbonyl (C=O) groups is 1. The minimum absolute atomic E-state index is 0.0303. The topological polar surface area (TPSA) is 66.5 Å². The molecule has 0 spiro atoms. The molecule has 2 aromatic rings. The van der Waals surface area contributed by atoms with Crippen LogP contribution in [0.4, 0.5) is 5.69 Å². The molecular weight excluding hydrogens is 419 g/mol. The van der Waals surface area contributed by atoms with Crippen LogP contribution in [0.3, 0.4) is 0 Å². The Morgan fingerprint density at radius 1 is 1.18 bits per heavy atom. The number of amides is 1. The van der Waals surface area contributed by atoms with E-state index in [0.717, 1.165) is 16.8 Å². The molecule has 1 heterocycles. The molecule has 0 aliphatic carbocycles. The van der Waals surface area contributed by atoms with Crippen LogP contribution in [0.25, 0.3) is 0 Å². The molecule has 8 heteroatoms. The number of benzene rings is 2. The summed E-state index contributed by atoms with van der Waals surface area (Å²) in [5, 5.41) is 3.36. The van der Waals surface area contributed by atoms with Gasteiger partial charge in [-0.15, -0.1) is 0 Å². The molecule has 28 heavy (non-hydrogen) atoms. The maximum absolute atomic E-state index is 13.0. The quantitative estimate of drug-likeness (QED) is 0.751. The fraction of sp³-hybridized carbons (Fsp3) is 0.350. The molecule has 1 N–H and O–H groups in total. The lowest BCUT2D eigenvalue weighted by Gasteiger charge is -2.31. The smallest absolute Gasteiger partial charge is 0.244 e. The highest BCUT2D eigenvalue weighted by atomic mass is 35.5. The fourth-order valence-electron chi connectivity index (χ4n) is 3.31. The number of aryl methyl sites for hydroxylation is 1. The van der Waals surface area contributed by atoms with Crippen LogP contribution in [0, 0.1) is 19.8 Å². The van der Waals surface area contributed by atoms with E-state index in [1.807, 2.05) is 32.0 Å². The van der Waals surface area contributed by atoms with Crippen molar-refractivity contribution in [3.05, 3.63) is 57.6 Å². The summed E-state index contributed by atoms with van der Waals surface area (Å²) in [5.74, 6) is -0.604. The molecule has 0 radical (unpaired) electrons. The van der Waals surface area contributed by atoms with E-state index in [0.29, 0.717) is 24.4 Å². The number of hydrogen-bond donors (Lipinski definition) is 1. The van der Waals surface area contributed by atoms with Gasteiger partial charge in [0.2, 0.25) is 15.9 Å². The molecule has 1 aliphatic heterocycles. The summed E-state index contributed by atoms with van der Waals surface area (Å²) in [5.41, 5.74) is 2.84. The lowest BCUT2D eigenvalue weighted by Crippen LogP contribution is -2.43. The monoisotopic (exact) mass is 440 g/mol. The van der Waals surface area contributed by atoms with Crippen LogP contribution in [0.1, 0.15) is 24.0 Å². The van der Waals surface area contributed by atoms with E-state index in [1.54, 1.807) is 6.07 Å². The van der Waals surface area contributed by atoms with Gasteiger partial charge in [-0.1, -0.05) is 35.3 Å². The molecule has 2 aromatic carbocycles. The van der Waals surface area contributed by atoms with Crippen LogP contribution in [-0.4, -0.2) is 31.7 Å². The Balaban J connectivity index is 1.79. The van der Waals surface area contributed by atoms with E-state index >= 15 is 0 Å². The van der Waals surface area contributed by atoms with E-state index in [4.69, 9.17) is 23.2 Å². The number of piperidine rings is 1. The standard InChI is InChI=1S/C20H22Cl2N2O3S/c1-13-5-3-7-18(14(13)2)23-20(25)15-6-4-10-24(12-15)28(26,27)19-11-16(21)8-9-17(19)22/h3,5,7-9,11,15H,4,6,10,12H2,1-2H3,(H,23,25)/t15-/m1/s1. The molecule has 1 amide bonds. The third-order valence-corrected chi connectivity index (χ3v) is 7.71. The van der Waals surface area contributed by atoms with Crippen molar-refractivity contribution in [3.63, 3.8) is 0 Å². The maximum atomic E-state index is 13.0. The van der Waals surface area contributed by atoms with Crippen molar-refractivity contribution in [2.45, 2.75) is 31.6 Å². The van der Waals surface area contributed by atoms with Gasteiger partial charge in [0.05, 0.1) is 10.9 Å².